The van der Waals surface area contributed by atoms with Gasteiger partial charge in [0.05, 0.1) is 0 Å². The molecular formula is C13H17ClN2. The Labute approximate surface area is 102 Å². The number of anilines is 1. The summed E-state index contributed by atoms with van der Waals surface area (Å²) in [6.45, 7) is 6.77. The Morgan fingerprint density at radius 2 is 2.19 bits per heavy atom. The summed E-state index contributed by atoms with van der Waals surface area (Å²) in [4.78, 5) is 2.43. The van der Waals surface area contributed by atoms with Gasteiger partial charge in [-0.15, -0.1) is 0 Å². The first kappa shape index (κ1) is 10.4. The summed E-state index contributed by atoms with van der Waals surface area (Å²) in [7, 11) is 0. The van der Waals surface area contributed by atoms with E-state index in [2.05, 4.69) is 28.4 Å². The number of rotatable bonds is 1. The molecule has 1 N–H and O–H groups in total. The van der Waals surface area contributed by atoms with Gasteiger partial charge < -0.3 is 10.2 Å². The van der Waals surface area contributed by atoms with Crippen molar-refractivity contribution in [3.63, 3.8) is 0 Å². The van der Waals surface area contributed by atoms with Gasteiger partial charge in [-0.3, -0.25) is 0 Å². The zero-order valence-corrected chi connectivity index (χ0v) is 10.3. The second kappa shape index (κ2) is 3.64. The summed E-state index contributed by atoms with van der Waals surface area (Å²) >= 11 is 6.15. The smallest absolute Gasteiger partial charge is 0.0455 e. The number of hydrogen-bond acceptors (Lipinski definition) is 2. The molecule has 2 heterocycles. The summed E-state index contributed by atoms with van der Waals surface area (Å²) in [5.41, 5.74) is 2.98. The number of benzene rings is 1. The molecule has 3 heteroatoms. The molecule has 2 fully saturated rings. The van der Waals surface area contributed by atoms with Crippen molar-refractivity contribution in [1.82, 2.24) is 5.32 Å². The van der Waals surface area contributed by atoms with Gasteiger partial charge in [-0.1, -0.05) is 17.7 Å². The number of hydrogen-bond donors (Lipinski definition) is 1. The molecule has 0 atom stereocenters. The maximum atomic E-state index is 6.15. The lowest BCUT2D eigenvalue weighted by molar-refractivity contribution is 0.243. The van der Waals surface area contributed by atoms with Crippen LogP contribution < -0.4 is 10.2 Å². The molecule has 16 heavy (non-hydrogen) atoms. The first-order valence-electron chi connectivity index (χ1n) is 5.90. The van der Waals surface area contributed by atoms with Crippen molar-refractivity contribution in [2.45, 2.75) is 13.3 Å². The third kappa shape index (κ3) is 1.61. The molecule has 2 nitrogen and oxygen atoms in total. The maximum absolute atomic E-state index is 6.15. The molecule has 0 saturated carbocycles. The number of halogens is 1. The van der Waals surface area contributed by atoms with E-state index in [9.17, 15) is 0 Å². The van der Waals surface area contributed by atoms with Crippen molar-refractivity contribution in [1.29, 1.82) is 0 Å². The second-order valence-electron chi connectivity index (χ2n) is 5.22. The summed E-state index contributed by atoms with van der Waals surface area (Å²) in [5.74, 6) is 0. The minimum Gasteiger partial charge on any atom is -0.370 e. The largest absolute Gasteiger partial charge is 0.370 e. The summed E-state index contributed by atoms with van der Waals surface area (Å²) in [5, 5.41) is 4.33. The number of nitrogens with zero attached hydrogens (tertiary/aromatic N) is 1. The zero-order valence-electron chi connectivity index (χ0n) is 9.59. The van der Waals surface area contributed by atoms with Crippen LogP contribution in [0.25, 0.3) is 0 Å². The minimum absolute atomic E-state index is 0.553. The van der Waals surface area contributed by atoms with E-state index in [0.29, 0.717) is 5.41 Å². The van der Waals surface area contributed by atoms with Crippen LogP contribution in [0.3, 0.4) is 0 Å². The van der Waals surface area contributed by atoms with E-state index in [4.69, 9.17) is 11.6 Å². The van der Waals surface area contributed by atoms with E-state index >= 15 is 0 Å². The molecule has 1 aromatic rings. The molecule has 2 aliphatic rings. The van der Waals surface area contributed by atoms with Crippen molar-refractivity contribution >= 4 is 17.3 Å². The molecule has 0 amide bonds. The molecule has 0 bridgehead atoms. The van der Waals surface area contributed by atoms with Crippen LogP contribution in [0, 0.1) is 12.3 Å². The third-order valence-electron chi connectivity index (χ3n) is 3.91. The van der Waals surface area contributed by atoms with Gasteiger partial charge in [0.25, 0.3) is 0 Å². The van der Waals surface area contributed by atoms with Crippen LogP contribution in [0.15, 0.2) is 18.2 Å². The van der Waals surface area contributed by atoms with E-state index in [1.807, 2.05) is 6.92 Å². The van der Waals surface area contributed by atoms with Crippen molar-refractivity contribution < 1.29 is 0 Å². The maximum Gasteiger partial charge on any atom is 0.0455 e. The predicted molar refractivity (Wildman–Crippen MR) is 68.3 cm³/mol. The van der Waals surface area contributed by atoms with E-state index in [0.717, 1.165) is 10.6 Å². The van der Waals surface area contributed by atoms with Gasteiger partial charge in [-0.05, 0) is 37.6 Å². The second-order valence-corrected chi connectivity index (χ2v) is 5.62. The lowest BCUT2D eigenvalue weighted by Crippen LogP contribution is -2.57. The standard InChI is InChI=1S/C13H17ClN2/c1-10-2-3-11(6-12(10)14)16-8-13(9-16)4-5-15-7-13/h2-3,6,15H,4-5,7-9H2,1H3. The lowest BCUT2D eigenvalue weighted by atomic mass is 9.79. The van der Waals surface area contributed by atoms with Crippen LogP contribution in [0.5, 0.6) is 0 Å². The Bertz CT molecular complexity index is 402. The zero-order chi connectivity index (χ0) is 11.2. The van der Waals surface area contributed by atoms with Gasteiger partial charge in [0.15, 0.2) is 0 Å². The van der Waals surface area contributed by atoms with E-state index < -0.39 is 0 Å². The molecule has 0 aromatic heterocycles. The average molecular weight is 237 g/mol. The van der Waals surface area contributed by atoms with Crippen molar-refractivity contribution in [2.24, 2.45) is 5.41 Å². The highest BCUT2D eigenvalue weighted by atomic mass is 35.5. The van der Waals surface area contributed by atoms with Crippen LogP contribution in [0.1, 0.15) is 12.0 Å². The lowest BCUT2D eigenvalue weighted by Gasteiger charge is -2.49. The van der Waals surface area contributed by atoms with Crippen molar-refractivity contribution in [3.05, 3.63) is 28.8 Å². The molecule has 2 aliphatic heterocycles. The third-order valence-corrected chi connectivity index (χ3v) is 4.31. The Morgan fingerprint density at radius 3 is 2.81 bits per heavy atom. The summed E-state index contributed by atoms with van der Waals surface area (Å²) in [6, 6.07) is 6.37. The first-order chi connectivity index (χ1) is 7.69. The van der Waals surface area contributed by atoms with Gasteiger partial charge in [-0.2, -0.15) is 0 Å². The Hall–Kier alpha value is -0.730. The fourth-order valence-electron chi connectivity index (χ4n) is 2.79. The number of aryl methyl sites for hydroxylation is 1. The van der Waals surface area contributed by atoms with Crippen LogP contribution in [-0.4, -0.2) is 26.2 Å². The van der Waals surface area contributed by atoms with Crippen LogP contribution in [0.4, 0.5) is 5.69 Å². The molecule has 0 unspecified atom stereocenters. The van der Waals surface area contributed by atoms with Crippen molar-refractivity contribution in [3.8, 4) is 0 Å². The van der Waals surface area contributed by atoms with Crippen LogP contribution in [-0.2, 0) is 0 Å². The molecule has 86 valence electrons. The van der Waals surface area contributed by atoms with Crippen molar-refractivity contribution in [2.75, 3.05) is 31.1 Å². The Kier molecular flexibility index (Phi) is 2.37. The fourth-order valence-corrected chi connectivity index (χ4v) is 2.96. The average Bonchev–Trinajstić information content (AvgIpc) is 2.69. The molecule has 1 aromatic carbocycles. The van der Waals surface area contributed by atoms with Crippen LogP contribution in [0.2, 0.25) is 5.02 Å². The van der Waals surface area contributed by atoms with E-state index in [1.54, 1.807) is 0 Å². The predicted octanol–water partition coefficient (Wildman–Crippen LogP) is 2.45. The topological polar surface area (TPSA) is 15.3 Å². The Balaban J connectivity index is 1.73. The van der Waals surface area contributed by atoms with Crippen LogP contribution >= 0.6 is 11.6 Å². The highest BCUT2D eigenvalue weighted by Crippen LogP contribution is 2.39. The summed E-state index contributed by atoms with van der Waals surface area (Å²) < 4.78 is 0. The van der Waals surface area contributed by atoms with E-state index in [-0.39, 0.29) is 0 Å². The molecule has 3 rings (SSSR count). The Morgan fingerprint density at radius 1 is 1.38 bits per heavy atom. The van der Waals surface area contributed by atoms with Gasteiger partial charge in [0.2, 0.25) is 0 Å². The molecule has 1 spiro atoms. The first-order valence-corrected chi connectivity index (χ1v) is 6.28. The quantitative estimate of drug-likeness (QED) is 0.806. The molecule has 0 aliphatic carbocycles. The monoisotopic (exact) mass is 236 g/mol. The highest BCUT2D eigenvalue weighted by molar-refractivity contribution is 6.31. The van der Waals surface area contributed by atoms with Gasteiger partial charge in [-0.25, -0.2) is 0 Å². The van der Waals surface area contributed by atoms with Gasteiger partial charge in [0, 0.05) is 35.8 Å². The molecular weight excluding hydrogens is 220 g/mol. The normalized spacial score (nSPS) is 22.5. The molecule has 2 saturated heterocycles. The fraction of sp³-hybridized carbons (Fsp3) is 0.538. The SMILES string of the molecule is Cc1ccc(N2CC3(CCNC3)C2)cc1Cl. The summed E-state index contributed by atoms with van der Waals surface area (Å²) in [6.07, 6.45) is 1.32. The minimum atomic E-state index is 0.553. The van der Waals surface area contributed by atoms with E-state index in [1.165, 1.54) is 38.3 Å². The molecule has 0 radical (unpaired) electrons. The van der Waals surface area contributed by atoms with Gasteiger partial charge >= 0.3 is 0 Å². The highest BCUT2D eigenvalue weighted by Gasteiger charge is 2.44. The number of nitrogens with one attached hydrogen (secondary N) is 1. The van der Waals surface area contributed by atoms with Gasteiger partial charge in [0.1, 0.15) is 0 Å².